The lowest BCUT2D eigenvalue weighted by Gasteiger charge is -2.07. The highest BCUT2D eigenvalue weighted by molar-refractivity contribution is 7.78. The Balaban J connectivity index is 1.81. The van der Waals surface area contributed by atoms with Gasteiger partial charge < -0.3 is 10.3 Å². The summed E-state index contributed by atoms with van der Waals surface area (Å²) in [6.07, 6.45) is 0.987. The van der Waals surface area contributed by atoms with Gasteiger partial charge in [-0.2, -0.15) is 4.39 Å². The number of halogens is 1. The quantitative estimate of drug-likeness (QED) is 0.519. The second kappa shape index (κ2) is 8.99. The minimum Gasteiger partial charge on any atom is -0.352 e. The zero-order chi connectivity index (χ0) is 19.1. The zero-order valence-corrected chi connectivity index (χ0v) is 14.5. The van der Waals surface area contributed by atoms with E-state index in [1.165, 1.54) is 0 Å². The molecule has 3 N–H and O–H groups in total. The molecule has 10 heteroatoms. The molecule has 0 saturated heterocycles. The smallest absolute Gasteiger partial charge is 0.328 e. The van der Waals surface area contributed by atoms with E-state index in [4.69, 9.17) is 0 Å². The summed E-state index contributed by atoms with van der Waals surface area (Å²) < 4.78 is 16.1. The summed E-state index contributed by atoms with van der Waals surface area (Å²) in [7, 11) is 0. The van der Waals surface area contributed by atoms with E-state index in [1.807, 2.05) is 0 Å². The van der Waals surface area contributed by atoms with Gasteiger partial charge >= 0.3 is 5.69 Å². The van der Waals surface area contributed by atoms with Gasteiger partial charge in [0.15, 0.2) is 0 Å². The van der Waals surface area contributed by atoms with Crippen LogP contribution in [0.5, 0.6) is 0 Å². The Labute approximate surface area is 153 Å². The third kappa shape index (κ3) is 5.06. The number of hydrogen-bond acceptors (Lipinski definition) is 5. The molecule has 1 heterocycles. The fraction of sp³-hybridized carbons (Fsp3) is 0.250. The topological polar surface area (TPSA) is 113 Å². The number of rotatable bonds is 7. The molecular weight excluding hydrogens is 363 g/mol. The summed E-state index contributed by atoms with van der Waals surface area (Å²) in [6.45, 7) is 0.203. The van der Waals surface area contributed by atoms with Gasteiger partial charge in [-0.1, -0.05) is 24.9 Å². The number of H-pyrrole nitrogens is 1. The Morgan fingerprint density at radius 1 is 1.19 bits per heavy atom. The SMILES string of the molecule is O=C(CCCn1c(=O)[nH]cc(F)c1=O)NCc1ccc(C(=O)NS)cc1. The number of carbonyl (C=O) groups excluding carboxylic acids is 2. The number of carbonyl (C=O) groups is 2. The van der Waals surface area contributed by atoms with E-state index in [1.54, 1.807) is 24.3 Å². The molecule has 0 saturated carbocycles. The molecule has 1 aromatic carbocycles. The van der Waals surface area contributed by atoms with Gasteiger partial charge in [-0.15, -0.1) is 0 Å². The minimum absolute atomic E-state index is 0.0626. The number of hydrogen-bond donors (Lipinski definition) is 4. The molecule has 0 spiro atoms. The maximum atomic E-state index is 13.1. The average Bonchev–Trinajstić information content (AvgIpc) is 2.65. The average molecular weight is 380 g/mol. The predicted octanol–water partition coefficient (Wildman–Crippen LogP) is 0.347. The van der Waals surface area contributed by atoms with Gasteiger partial charge in [0.05, 0.1) is 0 Å². The van der Waals surface area contributed by atoms with Crippen molar-refractivity contribution in [3.63, 3.8) is 0 Å². The highest BCUT2D eigenvalue weighted by Crippen LogP contribution is 2.05. The van der Waals surface area contributed by atoms with Crippen LogP contribution in [-0.4, -0.2) is 21.4 Å². The summed E-state index contributed by atoms with van der Waals surface area (Å²) in [6, 6.07) is 6.61. The number of nitrogens with zero attached hydrogens (tertiary/aromatic N) is 1. The van der Waals surface area contributed by atoms with Crippen molar-refractivity contribution < 1.29 is 14.0 Å². The molecule has 2 rings (SSSR count). The maximum Gasteiger partial charge on any atom is 0.328 e. The Morgan fingerprint density at radius 3 is 2.54 bits per heavy atom. The molecule has 0 bridgehead atoms. The van der Waals surface area contributed by atoms with Crippen molar-refractivity contribution in [2.45, 2.75) is 25.9 Å². The molecule has 0 unspecified atom stereocenters. The Kier molecular flexibility index (Phi) is 6.73. The fourth-order valence-corrected chi connectivity index (χ4v) is 2.34. The van der Waals surface area contributed by atoms with Gasteiger partial charge in [-0.25, -0.2) is 4.79 Å². The maximum absolute atomic E-state index is 13.1. The van der Waals surface area contributed by atoms with Crippen LogP contribution < -0.4 is 21.3 Å². The summed E-state index contributed by atoms with van der Waals surface area (Å²) in [5.41, 5.74) is -0.491. The first kappa shape index (κ1) is 19.4. The summed E-state index contributed by atoms with van der Waals surface area (Å²) in [4.78, 5) is 48.3. The Hall–Kier alpha value is -2.88. The lowest BCUT2D eigenvalue weighted by molar-refractivity contribution is -0.121. The molecule has 0 fully saturated rings. The number of nitrogens with one attached hydrogen (secondary N) is 3. The molecule has 138 valence electrons. The molecule has 0 aliphatic heterocycles. The van der Waals surface area contributed by atoms with E-state index in [0.717, 1.165) is 5.56 Å². The first-order valence-corrected chi connectivity index (χ1v) is 8.15. The van der Waals surface area contributed by atoms with E-state index < -0.39 is 17.1 Å². The molecule has 26 heavy (non-hydrogen) atoms. The fourth-order valence-electron chi connectivity index (χ4n) is 2.21. The predicted molar refractivity (Wildman–Crippen MR) is 95.3 cm³/mol. The van der Waals surface area contributed by atoms with Gasteiger partial charge in [-0.3, -0.25) is 23.7 Å². The van der Waals surface area contributed by atoms with E-state index >= 15 is 0 Å². The molecule has 2 aromatic rings. The molecule has 0 atom stereocenters. The largest absolute Gasteiger partial charge is 0.352 e. The van der Waals surface area contributed by atoms with Crippen LogP contribution in [0.2, 0.25) is 0 Å². The molecule has 0 aliphatic carbocycles. The summed E-state index contributed by atoms with van der Waals surface area (Å²) in [5, 5.41) is 2.69. The molecular formula is C16H17FN4O4S. The van der Waals surface area contributed by atoms with Crippen molar-refractivity contribution >= 4 is 24.6 Å². The van der Waals surface area contributed by atoms with Crippen LogP contribution in [0.3, 0.4) is 0 Å². The number of benzene rings is 1. The zero-order valence-electron chi connectivity index (χ0n) is 13.6. The van der Waals surface area contributed by atoms with E-state index in [9.17, 15) is 23.6 Å². The standard InChI is InChI=1S/C16H17FN4O4S/c17-12-9-19-16(25)21(15(12)24)7-1-2-13(22)18-8-10-3-5-11(6-4-10)14(23)20-26/h3-6,9,26H,1-2,7-8H2,(H,18,22)(H,19,25)(H,20,23). The van der Waals surface area contributed by atoms with Gasteiger partial charge in [0.1, 0.15) is 0 Å². The minimum atomic E-state index is -1.05. The number of amides is 2. The van der Waals surface area contributed by atoms with Crippen molar-refractivity contribution in [1.29, 1.82) is 0 Å². The van der Waals surface area contributed by atoms with Gasteiger partial charge in [0.25, 0.3) is 11.5 Å². The Bertz CT molecular complexity index is 908. The van der Waals surface area contributed by atoms with Crippen molar-refractivity contribution in [2.75, 3.05) is 0 Å². The van der Waals surface area contributed by atoms with Crippen LogP contribution in [-0.2, 0) is 17.9 Å². The second-order valence-corrected chi connectivity index (χ2v) is 5.64. The normalized spacial score (nSPS) is 10.4. The van der Waals surface area contributed by atoms with Gasteiger partial charge in [0.2, 0.25) is 11.7 Å². The molecule has 1 aromatic heterocycles. The van der Waals surface area contributed by atoms with Crippen LogP contribution >= 0.6 is 12.8 Å². The van der Waals surface area contributed by atoms with Gasteiger partial charge in [-0.05, 0) is 24.1 Å². The van der Waals surface area contributed by atoms with Crippen LogP contribution in [0.4, 0.5) is 4.39 Å². The molecule has 8 nitrogen and oxygen atoms in total. The Morgan fingerprint density at radius 2 is 1.88 bits per heavy atom. The van der Waals surface area contributed by atoms with Crippen molar-refractivity contribution in [1.82, 2.24) is 19.6 Å². The third-order valence-corrected chi connectivity index (χ3v) is 3.81. The summed E-state index contributed by atoms with van der Waals surface area (Å²) >= 11 is 3.68. The van der Waals surface area contributed by atoms with E-state index in [0.29, 0.717) is 16.3 Å². The van der Waals surface area contributed by atoms with Crippen molar-refractivity contribution in [3.05, 3.63) is 68.2 Å². The molecule has 2 amide bonds. The van der Waals surface area contributed by atoms with Crippen LogP contribution in [0, 0.1) is 5.82 Å². The molecule has 0 aliphatic rings. The number of thiol groups is 1. The number of aromatic nitrogens is 2. The van der Waals surface area contributed by atoms with Gasteiger partial charge in [0, 0.05) is 31.3 Å². The van der Waals surface area contributed by atoms with Crippen LogP contribution in [0.25, 0.3) is 0 Å². The number of aromatic amines is 1. The summed E-state index contributed by atoms with van der Waals surface area (Å²) in [5.74, 6) is -1.65. The first-order valence-electron chi connectivity index (χ1n) is 7.70. The van der Waals surface area contributed by atoms with Crippen LogP contribution in [0.1, 0.15) is 28.8 Å². The third-order valence-electron chi connectivity index (χ3n) is 3.61. The molecule has 0 radical (unpaired) electrons. The van der Waals surface area contributed by atoms with E-state index in [-0.39, 0.29) is 37.7 Å². The lowest BCUT2D eigenvalue weighted by Crippen LogP contribution is -2.36. The second-order valence-electron chi connectivity index (χ2n) is 5.42. The van der Waals surface area contributed by atoms with Crippen LogP contribution in [0.15, 0.2) is 40.1 Å². The van der Waals surface area contributed by atoms with Crippen molar-refractivity contribution in [2.24, 2.45) is 0 Å². The van der Waals surface area contributed by atoms with E-state index in [2.05, 4.69) is 27.8 Å². The monoisotopic (exact) mass is 380 g/mol. The lowest BCUT2D eigenvalue weighted by atomic mass is 10.1. The highest BCUT2D eigenvalue weighted by Gasteiger charge is 2.08. The van der Waals surface area contributed by atoms with Crippen molar-refractivity contribution in [3.8, 4) is 0 Å². The highest BCUT2D eigenvalue weighted by atomic mass is 32.1. The first-order chi connectivity index (χ1) is 12.4.